The first-order chi connectivity index (χ1) is 13.4. The Morgan fingerprint density at radius 2 is 2.00 bits per heavy atom. The van der Waals surface area contributed by atoms with Crippen molar-refractivity contribution in [2.24, 2.45) is 0 Å². The van der Waals surface area contributed by atoms with Crippen molar-refractivity contribution in [1.82, 2.24) is 4.90 Å². The Morgan fingerprint density at radius 3 is 2.71 bits per heavy atom. The summed E-state index contributed by atoms with van der Waals surface area (Å²) in [6, 6.07) is 14.2. The summed E-state index contributed by atoms with van der Waals surface area (Å²) >= 11 is 6.55. The van der Waals surface area contributed by atoms with Gasteiger partial charge in [-0.3, -0.25) is 14.5 Å². The number of hydrogen-bond donors (Lipinski definition) is 1. The Balaban J connectivity index is 1.79. The molecule has 0 bridgehead atoms. The highest BCUT2D eigenvalue weighted by Gasteiger charge is 2.38. The van der Waals surface area contributed by atoms with Crippen LogP contribution in [0.5, 0.6) is 5.75 Å². The summed E-state index contributed by atoms with van der Waals surface area (Å²) in [5, 5.41) is 2.84. The highest BCUT2D eigenvalue weighted by Crippen LogP contribution is 2.35. The van der Waals surface area contributed by atoms with Crippen molar-refractivity contribution in [2.75, 3.05) is 12.4 Å². The minimum atomic E-state index is -0.725. The first-order valence-corrected chi connectivity index (χ1v) is 9.91. The standard InChI is InChI=1S/C21H20N2O3S2/c1-13-7-6-9-16(11-13)22-19(24)14(2)23-20(25)18(28-21(23)27)12-15-8-4-5-10-17(15)26-3/h4-12,14H,1-3H3,(H,22,24)/b18-12-. The molecule has 0 aliphatic carbocycles. The molecule has 0 radical (unpaired) electrons. The van der Waals surface area contributed by atoms with E-state index < -0.39 is 6.04 Å². The topological polar surface area (TPSA) is 58.6 Å². The van der Waals surface area contributed by atoms with Crippen molar-refractivity contribution < 1.29 is 14.3 Å². The van der Waals surface area contributed by atoms with Gasteiger partial charge in [0.2, 0.25) is 5.91 Å². The number of rotatable bonds is 5. The number of carbonyl (C=O) groups excluding carboxylic acids is 2. The second-order valence-corrected chi connectivity index (χ2v) is 8.00. The molecular weight excluding hydrogens is 392 g/mol. The fraction of sp³-hybridized carbons (Fsp3) is 0.190. The number of anilines is 1. The molecule has 1 heterocycles. The summed E-state index contributed by atoms with van der Waals surface area (Å²) in [6.45, 7) is 3.62. The van der Waals surface area contributed by atoms with E-state index in [1.54, 1.807) is 20.1 Å². The van der Waals surface area contributed by atoms with Crippen LogP contribution < -0.4 is 10.1 Å². The number of benzene rings is 2. The lowest BCUT2D eigenvalue weighted by Crippen LogP contribution is -2.44. The molecule has 0 spiro atoms. The largest absolute Gasteiger partial charge is 0.496 e. The predicted molar refractivity (Wildman–Crippen MR) is 117 cm³/mol. The molecule has 2 amide bonds. The van der Waals surface area contributed by atoms with Gasteiger partial charge in [-0.1, -0.05) is 54.3 Å². The summed E-state index contributed by atoms with van der Waals surface area (Å²) in [6.07, 6.45) is 1.74. The number of carbonyl (C=O) groups is 2. The molecule has 1 fully saturated rings. The Morgan fingerprint density at radius 1 is 1.25 bits per heavy atom. The van der Waals surface area contributed by atoms with E-state index in [0.717, 1.165) is 11.1 Å². The van der Waals surface area contributed by atoms with E-state index in [4.69, 9.17) is 17.0 Å². The summed E-state index contributed by atoms with van der Waals surface area (Å²) in [5.41, 5.74) is 2.50. The number of hydrogen-bond acceptors (Lipinski definition) is 5. The molecule has 2 aromatic carbocycles. The third-order valence-electron chi connectivity index (χ3n) is 4.30. The van der Waals surface area contributed by atoms with Crippen LogP contribution in [-0.4, -0.2) is 34.2 Å². The minimum absolute atomic E-state index is 0.284. The van der Waals surface area contributed by atoms with Crippen molar-refractivity contribution in [3.63, 3.8) is 0 Å². The third-order valence-corrected chi connectivity index (χ3v) is 5.63. The fourth-order valence-electron chi connectivity index (χ4n) is 2.83. The molecule has 1 atom stereocenters. The molecule has 28 heavy (non-hydrogen) atoms. The van der Waals surface area contributed by atoms with Crippen LogP contribution in [0.2, 0.25) is 0 Å². The van der Waals surface area contributed by atoms with Gasteiger partial charge in [-0.25, -0.2) is 0 Å². The first kappa shape index (κ1) is 20.1. The second kappa shape index (κ2) is 8.58. The van der Waals surface area contributed by atoms with Gasteiger partial charge < -0.3 is 10.1 Å². The Bertz CT molecular complexity index is 972. The van der Waals surface area contributed by atoms with Crippen LogP contribution in [0.25, 0.3) is 6.08 Å². The normalized spacial score (nSPS) is 16.4. The summed E-state index contributed by atoms with van der Waals surface area (Å²) in [7, 11) is 1.58. The van der Waals surface area contributed by atoms with Crippen LogP contribution in [0.4, 0.5) is 5.69 Å². The summed E-state index contributed by atoms with van der Waals surface area (Å²) in [5.74, 6) is 0.0891. The van der Waals surface area contributed by atoms with Gasteiger partial charge in [0.1, 0.15) is 16.1 Å². The monoisotopic (exact) mass is 412 g/mol. The lowest BCUT2D eigenvalue weighted by molar-refractivity contribution is -0.129. The minimum Gasteiger partial charge on any atom is -0.496 e. The highest BCUT2D eigenvalue weighted by atomic mass is 32.2. The van der Waals surface area contributed by atoms with Gasteiger partial charge >= 0.3 is 0 Å². The van der Waals surface area contributed by atoms with E-state index in [1.165, 1.54) is 16.7 Å². The zero-order valence-corrected chi connectivity index (χ0v) is 17.4. The Labute approximate surface area is 173 Å². The van der Waals surface area contributed by atoms with Crippen molar-refractivity contribution in [3.8, 4) is 5.75 Å². The van der Waals surface area contributed by atoms with Gasteiger partial charge in [-0.05, 0) is 43.7 Å². The van der Waals surface area contributed by atoms with Gasteiger partial charge in [0.05, 0.1) is 12.0 Å². The second-order valence-electron chi connectivity index (χ2n) is 6.33. The average molecular weight is 413 g/mol. The number of methoxy groups -OCH3 is 1. The fourth-order valence-corrected chi connectivity index (χ4v) is 4.24. The zero-order chi connectivity index (χ0) is 20.3. The molecule has 0 aromatic heterocycles. The SMILES string of the molecule is COc1ccccc1/C=C1\SC(=S)N(C(C)C(=O)Nc2cccc(C)c2)C1=O. The van der Waals surface area contributed by atoms with Crippen LogP contribution in [0.1, 0.15) is 18.1 Å². The van der Waals surface area contributed by atoms with E-state index in [1.807, 2.05) is 55.5 Å². The van der Waals surface area contributed by atoms with Crippen LogP contribution in [0.15, 0.2) is 53.4 Å². The average Bonchev–Trinajstić information content (AvgIpc) is 2.95. The van der Waals surface area contributed by atoms with Crippen molar-refractivity contribution in [3.05, 3.63) is 64.6 Å². The third kappa shape index (κ3) is 4.26. The number of thiocarbonyl (C=S) groups is 1. The number of para-hydroxylation sites is 1. The van der Waals surface area contributed by atoms with Crippen molar-refractivity contribution >= 4 is 51.9 Å². The highest BCUT2D eigenvalue weighted by molar-refractivity contribution is 8.26. The lowest BCUT2D eigenvalue weighted by atomic mass is 10.1. The van der Waals surface area contributed by atoms with E-state index in [2.05, 4.69) is 5.32 Å². The van der Waals surface area contributed by atoms with E-state index in [0.29, 0.717) is 20.7 Å². The maximum atomic E-state index is 12.9. The molecule has 144 valence electrons. The Kier molecular flexibility index (Phi) is 6.16. The molecule has 1 unspecified atom stereocenters. The molecule has 5 nitrogen and oxygen atoms in total. The molecule has 7 heteroatoms. The van der Waals surface area contributed by atoms with E-state index in [-0.39, 0.29) is 11.8 Å². The van der Waals surface area contributed by atoms with Gasteiger partial charge in [-0.2, -0.15) is 0 Å². The first-order valence-electron chi connectivity index (χ1n) is 8.68. The lowest BCUT2D eigenvalue weighted by Gasteiger charge is -2.22. The molecule has 3 rings (SSSR count). The number of aryl methyl sites for hydroxylation is 1. The Hall–Kier alpha value is -2.64. The quantitative estimate of drug-likeness (QED) is 0.588. The number of nitrogens with one attached hydrogen (secondary N) is 1. The van der Waals surface area contributed by atoms with Gasteiger partial charge in [0.15, 0.2) is 0 Å². The maximum Gasteiger partial charge on any atom is 0.266 e. The summed E-state index contributed by atoms with van der Waals surface area (Å²) in [4.78, 5) is 27.4. The number of ether oxygens (including phenoxy) is 1. The number of nitrogens with zero attached hydrogens (tertiary/aromatic N) is 1. The van der Waals surface area contributed by atoms with Gasteiger partial charge in [0, 0.05) is 11.3 Å². The van der Waals surface area contributed by atoms with Crippen LogP contribution >= 0.6 is 24.0 Å². The van der Waals surface area contributed by atoms with Crippen LogP contribution in [0.3, 0.4) is 0 Å². The molecule has 1 aliphatic rings. The van der Waals surface area contributed by atoms with Gasteiger partial charge in [-0.15, -0.1) is 0 Å². The van der Waals surface area contributed by atoms with Gasteiger partial charge in [0.25, 0.3) is 5.91 Å². The smallest absolute Gasteiger partial charge is 0.266 e. The van der Waals surface area contributed by atoms with E-state index >= 15 is 0 Å². The molecule has 1 N–H and O–H groups in total. The number of thioether (sulfide) groups is 1. The molecule has 2 aromatic rings. The molecule has 1 aliphatic heterocycles. The molecule has 1 saturated heterocycles. The van der Waals surface area contributed by atoms with Crippen LogP contribution in [-0.2, 0) is 9.59 Å². The molecule has 0 saturated carbocycles. The number of amides is 2. The molecular formula is C21H20N2O3S2. The van der Waals surface area contributed by atoms with E-state index in [9.17, 15) is 9.59 Å². The predicted octanol–water partition coefficient (Wildman–Crippen LogP) is 4.23. The van der Waals surface area contributed by atoms with Crippen LogP contribution in [0, 0.1) is 6.92 Å². The van der Waals surface area contributed by atoms with Crippen molar-refractivity contribution in [1.29, 1.82) is 0 Å². The van der Waals surface area contributed by atoms with Crippen molar-refractivity contribution in [2.45, 2.75) is 19.9 Å². The summed E-state index contributed by atoms with van der Waals surface area (Å²) < 4.78 is 5.69. The maximum absolute atomic E-state index is 12.9. The zero-order valence-electron chi connectivity index (χ0n) is 15.8.